The first-order valence-corrected chi connectivity index (χ1v) is 9.42. The highest BCUT2D eigenvalue weighted by molar-refractivity contribution is 8.19. The van der Waals surface area contributed by atoms with Crippen molar-refractivity contribution in [3.8, 4) is 11.5 Å². The monoisotopic (exact) mass is 383 g/mol. The first-order valence-electron chi connectivity index (χ1n) is 8.60. The van der Waals surface area contributed by atoms with Gasteiger partial charge in [0.25, 0.3) is 11.1 Å². The fraction of sp³-hybridized carbons (Fsp3) is 0.238. The molecular weight excluding hydrogens is 362 g/mol. The summed E-state index contributed by atoms with van der Waals surface area (Å²) in [5.41, 5.74) is 3.27. The van der Waals surface area contributed by atoms with Crippen molar-refractivity contribution < 1.29 is 19.1 Å². The second kappa shape index (κ2) is 7.88. The van der Waals surface area contributed by atoms with Gasteiger partial charge in [0.05, 0.1) is 24.3 Å². The smallest absolute Gasteiger partial charge is 0.298 e. The van der Waals surface area contributed by atoms with Crippen LogP contribution in [0.5, 0.6) is 11.5 Å². The number of aryl methyl sites for hydroxylation is 2. The Morgan fingerprint density at radius 1 is 1.07 bits per heavy atom. The van der Waals surface area contributed by atoms with Gasteiger partial charge in [-0.3, -0.25) is 9.59 Å². The van der Waals surface area contributed by atoms with Crippen LogP contribution in [0.15, 0.2) is 41.3 Å². The third-order valence-corrected chi connectivity index (χ3v) is 5.05. The molecule has 1 fully saturated rings. The van der Waals surface area contributed by atoms with E-state index in [0.29, 0.717) is 28.7 Å². The van der Waals surface area contributed by atoms with Crippen molar-refractivity contribution in [2.24, 2.45) is 0 Å². The van der Waals surface area contributed by atoms with Crippen molar-refractivity contribution >= 4 is 34.7 Å². The van der Waals surface area contributed by atoms with Gasteiger partial charge in [-0.15, -0.1) is 0 Å². The SMILES string of the molecule is CCOc1ccc(/C=C2\SC(=O)N(c3cc(C)ccc3C)C2=O)cc1OC. The molecule has 1 heterocycles. The summed E-state index contributed by atoms with van der Waals surface area (Å²) in [6.45, 7) is 6.25. The second-order valence-electron chi connectivity index (χ2n) is 6.15. The first kappa shape index (κ1) is 19.0. The van der Waals surface area contributed by atoms with Crippen LogP contribution < -0.4 is 14.4 Å². The number of amides is 2. The lowest BCUT2D eigenvalue weighted by atomic mass is 10.1. The second-order valence-corrected chi connectivity index (χ2v) is 7.14. The number of benzene rings is 2. The summed E-state index contributed by atoms with van der Waals surface area (Å²) in [6.07, 6.45) is 1.70. The molecule has 0 saturated carbocycles. The molecule has 27 heavy (non-hydrogen) atoms. The van der Waals surface area contributed by atoms with E-state index in [9.17, 15) is 9.59 Å². The summed E-state index contributed by atoms with van der Waals surface area (Å²) in [5.74, 6) is 0.909. The molecule has 0 aromatic heterocycles. The predicted molar refractivity (Wildman–Crippen MR) is 109 cm³/mol. The number of anilines is 1. The Hall–Kier alpha value is -2.73. The predicted octanol–water partition coefficient (Wildman–Crippen LogP) is 4.95. The van der Waals surface area contributed by atoms with Crippen LogP contribution in [0.3, 0.4) is 0 Å². The number of imide groups is 1. The maximum absolute atomic E-state index is 12.9. The summed E-state index contributed by atoms with van der Waals surface area (Å²) in [6, 6.07) is 11.1. The number of methoxy groups -OCH3 is 1. The maximum atomic E-state index is 12.9. The van der Waals surface area contributed by atoms with Gasteiger partial charge in [-0.2, -0.15) is 0 Å². The number of nitrogens with zero attached hydrogens (tertiary/aromatic N) is 1. The van der Waals surface area contributed by atoms with Crippen LogP contribution in [-0.2, 0) is 4.79 Å². The molecule has 1 saturated heterocycles. The van der Waals surface area contributed by atoms with Crippen molar-refractivity contribution in [1.29, 1.82) is 0 Å². The molecule has 2 aromatic carbocycles. The van der Waals surface area contributed by atoms with Gasteiger partial charge < -0.3 is 9.47 Å². The normalized spacial score (nSPS) is 15.6. The van der Waals surface area contributed by atoms with Crippen molar-refractivity contribution in [2.75, 3.05) is 18.6 Å². The third-order valence-electron chi connectivity index (χ3n) is 4.18. The summed E-state index contributed by atoms with van der Waals surface area (Å²) < 4.78 is 10.9. The van der Waals surface area contributed by atoms with E-state index in [2.05, 4.69) is 0 Å². The number of thioether (sulfide) groups is 1. The van der Waals surface area contributed by atoms with Gasteiger partial charge in [0, 0.05) is 0 Å². The van der Waals surface area contributed by atoms with E-state index in [1.165, 1.54) is 4.90 Å². The Morgan fingerprint density at radius 3 is 2.56 bits per heavy atom. The van der Waals surface area contributed by atoms with E-state index in [-0.39, 0.29) is 11.1 Å². The van der Waals surface area contributed by atoms with E-state index in [1.807, 2.05) is 45.0 Å². The number of carbonyl (C=O) groups is 2. The largest absolute Gasteiger partial charge is 0.493 e. The molecule has 0 atom stereocenters. The fourth-order valence-electron chi connectivity index (χ4n) is 2.84. The quantitative estimate of drug-likeness (QED) is 0.684. The first-order chi connectivity index (χ1) is 12.9. The molecule has 0 bridgehead atoms. The molecule has 0 radical (unpaired) electrons. The van der Waals surface area contributed by atoms with Crippen molar-refractivity contribution in [1.82, 2.24) is 0 Å². The minimum absolute atomic E-state index is 0.294. The van der Waals surface area contributed by atoms with E-state index in [4.69, 9.17) is 9.47 Å². The summed E-state index contributed by atoms with van der Waals surface area (Å²) in [4.78, 5) is 27.0. The zero-order chi connectivity index (χ0) is 19.6. The molecule has 3 rings (SSSR count). The standard InChI is InChI=1S/C21H21NO4S/c1-5-26-17-9-8-15(11-18(17)25-4)12-19-20(23)22(21(24)27-19)16-10-13(2)6-7-14(16)3/h6-12H,5H2,1-4H3/b19-12-. The van der Waals surface area contributed by atoms with Gasteiger partial charge in [0.2, 0.25) is 0 Å². The van der Waals surface area contributed by atoms with Crippen LogP contribution in [0.4, 0.5) is 10.5 Å². The Kier molecular flexibility index (Phi) is 5.56. The topological polar surface area (TPSA) is 55.8 Å². The van der Waals surface area contributed by atoms with Gasteiger partial charge in [0.15, 0.2) is 11.5 Å². The molecule has 0 unspecified atom stereocenters. The molecule has 0 spiro atoms. The van der Waals surface area contributed by atoms with Crippen LogP contribution in [0.25, 0.3) is 6.08 Å². The van der Waals surface area contributed by atoms with E-state index in [1.54, 1.807) is 25.3 Å². The molecule has 140 valence electrons. The molecule has 2 amide bonds. The Bertz CT molecular complexity index is 936. The van der Waals surface area contributed by atoms with Crippen molar-refractivity contribution in [2.45, 2.75) is 20.8 Å². The number of ether oxygens (including phenoxy) is 2. The molecular formula is C21H21NO4S. The van der Waals surface area contributed by atoms with Crippen LogP contribution >= 0.6 is 11.8 Å². The van der Waals surface area contributed by atoms with Gasteiger partial charge in [0.1, 0.15) is 0 Å². The minimum atomic E-state index is -0.313. The van der Waals surface area contributed by atoms with Crippen molar-refractivity contribution in [3.05, 3.63) is 58.0 Å². The molecule has 0 aliphatic carbocycles. The lowest BCUT2D eigenvalue weighted by molar-refractivity contribution is -0.113. The third kappa shape index (κ3) is 3.85. The molecule has 2 aromatic rings. The van der Waals surface area contributed by atoms with Gasteiger partial charge in [-0.25, -0.2) is 4.90 Å². The lowest BCUT2D eigenvalue weighted by Crippen LogP contribution is -2.28. The Labute approximate surface area is 163 Å². The minimum Gasteiger partial charge on any atom is -0.493 e. The molecule has 1 aliphatic rings. The molecule has 5 nitrogen and oxygen atoms in total. The zero-order valence-electron chi connectivity index (χ0n) is 15.7. The van der Waals surface area contributed by atoms with Crippen LogP contribution in [0, 0.1) is 13.8 Å². The zero-order valence-corrected chi connectivity index (χ0v) is 16.6. The fourth-order valence-corrected chi connectivity index (χ4v) is 3.67. The average Bonchev–Trinajstić information content (AvgIpc) is 2.92. The summed E-state index contributed by atoms with van der Waals surface area (Å²) in [7, 11) is 1.57. The molecule has 6 heteroatoms. The van der Waals surface area contributed by atoms with Crippen LogP contribution in [0.1, 0.15) is 23.6 Å². The lowest BCUT2D eigenvalue weighted by Gasteiger charge is -2.16. The number of rotatable bonds is 5. The summed E-state index contributed by atoms with van der Waals surface area (Å²) >= 11 is 0.940. The number of hydrogen-bond donors (Lipinski definition) is 0. The highest BCUT2D eigenvalue weighted by Gasteiger charge is 2.37. The van der Waals surface area contributed by atoms with Crippen LogP contribution in [-0.4, -0.2) is 24.9 Å². The highest BCUT2D eigenvalue weighted by atomic mass is 32.2. The Morgan fingerprint density at radius 2 is 1.85 bits per heavy atom. The molecule has 1 aliphatic heterocycles. The number of hydrogen-bond acceptors (Lipinski definition) is 5. The maximum Gasteiger partial charge on any atom is 0.298 e. The Balaban J connectivity index is 1.94. The van der Waals surface area contributed by atoms with Crippen LogP contribution in [0.2, 0.25) is 0 Å². The summed E-state index contributed by atoms with van der Waals surface area (Å²) in [5, 5.41) is -0.294. The van der Waals surface area contributed by atoms with Gasteiger partial charge in [-0.05, 0) is 73.5 Å². The molecule has 0 N–H and O–H groups in total. The van der Waals surface area contributed by atoms with Gasteiger partial charge in [-0.1, -0.05) is 18.2 Å². The number of carbonyl (C=O) groups excluding carboxylic acids is 2. The highest BCUT2D eigenvalue weighted by Crippen LogP contribution is 2.38. The van der Waals surface area contributed by atoms with Crippen molar-refractivity contribution in [3.63, 3.8) is 0 Å². The van der Waals surface area contributed by atoms with E-state index in [0.717, 1.165) is 28.5 Å². The van der Waals surface area contributed by atoms with Gasteiger partial charge >= 0.3 is 0 Å². The van der Waals surface area contributed by atoms with E-state index >= 15 is 0 Å². The average molecular weight is 383 g/mol. The van der Waals surface area contributed by atoms with E-state index < -0.39 is 0 Å².